The second kappa shape index (κ2) is 6.73. The van der Waals surface area contributed by atoms with Gasteiger partial charge < -0.3 is 4.74 Å². The zero-order valence-electron chi connectivity index (χ0n) is 11.9. The van der Waals surface area contributed by atoms with Gasteiger partial charge in [0.15, 0.2) is 0 Å². The second-order valence-electron chi connectivity index (χ2n) is 4.79. The fourth-order valence-corrected chi connectivity index (χ4v) is 3.48. The zero-order chi connectivity index (χ0) is 15.5. The number of H-pyrrole nitrogens is 1. The SMILES string of the molecule is CCc1c(Cc2cccs2)n[nH]c1Oc1cc(Cl)cc(Cl)c1. The van der Waals surface area contributed by atoms with Crippen molar-refractivity contribution in [3.8, 4) is 11.6 Å². The van der Waals surface area contributed by atoms with Crippen LogP contribution in [0.3, 0.4) is 0 Å². The van der Waals surface area contributed by atoms with Gasteiger partial charge in [0, 0.05) is 26.9 Å². The quantitative estimate of drug-likeness (QED) is 0.637. The van der Waals surface area contributed by atoms with Crippen LogP contribution in [0.1, 0.15) is 23.1 Å². The van der Waals surface area contributed by atoms with Gasteiger partial charge in [0.05, 0.1) is 5.69 Å². The molecule has 0 radical (unpaired) electrons. The molecule has 0 amide bonds. The second-order valence-corrected chi connectivity index (χ2v) is 6.70. The summed E-state index contributed by atoms with van der Waals surface area (Å²) in [6.07, 6.45) is 1.64. The Morgan fingerprint density at radius 3 is 2.64 bits per heavy atom. The molecule has 2 aromatic heterocycles. The predicted molar refractivity (Wildman–Crippen MR) is 91.6 cm³/mol. The van der Waals surface area contributed by atoms with E-state index < -0.39 is 0 Å². The zero-order valence-corrected chi connectivity index (χ0v) is 14.2. The minimum absolute atomic E-state index is 0.541. The highest BCUT2D eigenvalue weighted by Gasteiger charge is 2.15. The van der Waals surface area contributed by atoms with Crippen LogP contribution in [0.25, 0.3) is 0 Å². The Hall–Kier alpha value is -1.49. The summed E-state index contributed by atoms with van der Waals surface area (Å²) in [5.41, 5.74) is 2.08. The number of nitrogens with zero attached hydrogens (tertiary/aromatic N) is 1. The number of aromatic amines is 1. The van der Waals surface area contributed by atoms with Crippen LogP contribution in [0.2, 0.25) is 10.0 Å². The average molecular weight is 353 g/mol. The molecule has 0 bridgehead atoms. The molecule has 6 heteroatoms. The third kappa shape index (κ3) is 3.46. The lowest BCUT2D eigenvalue weighted by atomic mass is 10.1. The van der Waals surface area contributed by atoms with E-state index in [1.807, 2.05) is 6.07 Å². The minimum atomic E-state index is 0.541. The molecule has 3 rings (SSSR count). The predicted octanol–water partition coefficient (Wildman–Crippen LogP) is 5.72. The third-order valence-corrected chi connectivity index (χ3v) is 4.56. The largest absolute Gasteiger partial charge is 0.439 e. The summed E-state index contributed by atoms with van der Waals surface area (Å²) in [5, 5.41) is 10.5. The van der Waals surface area contributed by atoms with Crippen molar-refractivity contribution >= 4 is 34.5 Å². The number of hydrogen-bond donors (Lipinski definition) is 1. The van der Waals surface area contributed by atoms with Crippen molar-refractivity contribution in [2.24, 2.45) is 0 Å². The Morgan fingerprint density at radius 1 is 1.23 bits per heavy atom. The van der Waals surface area contributed by atoms with Crippen molar-refractivity contribution in [1.82, 2.24) is 10.2 Å². The van der Waals surface area contributed by atoms with E-state index in [0.717, 1.165) is 24.1 Å². The van der Waals surface area contributed by atoms with Crippen molar-refractivity contribution in [3.63, 3.8) is 0 Å². The number of aromatic nitrogens is 2. The van der Waals surface area contributed by atoms with Crippen LogP contribution < -0.4 is 4.74 Å². The molecule has 1 N–H and O–H groups in total. The molecule has 0 unspecified atom stereocenters. The van der Waals surface area contributed by atoms with E-state index in [9.17, 15) is 0 Å². The topological polar surface area (TPSA) is 37.9 Å². The van der Waals surface area contributed by atoms with E-state index in [0.29, 0.717) is 21.7 Å². The molecule has 0 atom stereocenters. The van der Waals surface area contributed by atoms with E-state index in [-0.39, 0.29) is 0 Å². The first-order chi connectivity index (χ1) is 10.7. The molecule has 0 fully saturated rings. The summed E-state index contributed by atoms with van der Waals surface area (Å²) >= 11 is 13.7. The van der Waals surface area contributed by atoms with Crippen LogP contribution in [0.15, 0.2) is 35.7 Å². The van der Waals surface area contributed by atoms with Gasteiger partial charge in [-0.1, -0.05) is 36.2 Å². The first kappa shape index (κ1) is 15.4. The molecule has 114 valence electrons. The van der Waals surface area contributed by atoms with Crippen LogP contribution in [0.5, 0.6) is 11.6 Å². The fraction of sp³-hybridized carbons (Fsp3) is 0.188. The number of halogens is 2. The molecule has 22 heavy (non-hydrogen) atoms. The van der Waals surface area contributed by atoms with Gasteiger partial charge >= 0.3 is 0 Å². The lowest BCUT2D eigenvalue weighted by Gasteiger charge is -2.07. The van der Waals surface area contributed by atoms with Gasteiger partial charge in [-0.25, -0.2) is 5.10 Å². The van der Waals surface area contributed by atoms with Gasteiger partial charge in [0.1, 0.15) is 5.75 Å². The summed E-state index contributed by atoms with van der Waals surface area (Å²) in [7, 11) is 0. The maximum Gasteiger partial charge on any atom is 0.218 e. The summed E-state index contributed by atoms with van der Waals surface area (Å²) in [6.45, 7) is 2.08. The Labute approximate surface area is 142 Å². The minimum Gasteiger partial charge on any atom is -0.439 e. The average Bonchev–Trinajstić information content (AvgIpc) is 3.08. The molecule has 1 aromatic carbocycles. The Morgan fingerprint density at radius 2 is 2.00 bits per heavy atom. The summed E-state index contributed by atoms with van der Waals surface area (Å²) < 4.78 is 5.88. The first-order valence-electron chi connectivity index (χ1n) is 6.88. The van der Waals surface area contributed by atoms with Gasteiger partial charge in [-0.15, -0.1) is 11.3 Å². The number of ether oxygens (including phenoxy) is 1. The Balaban J connectivity index is 1.86. The molecule has 3 nitrogen and oxygen atoms in total. The van der Waals surface area contributed by atoms with E-state index in [4.69, 9.17) is 27.9 Å². The van der Waals surface area contributed by atoms with Crippen LogP contribution in [-0.2, 0) is 12.8 Å². The van der Waals surface area contributed by atoms with Crippen LogP contribution in [0.4, 0.5) is 0 Å². The standard InChI is InChI=1S/C16H14Cl2N2OS/c1-2-14-15(9-13-4-3-5-22-13)19-20-16(14)21-12-7-10(17)6-11(18)8-12/h3-8H,2,9H2,1H3,(H,19,20). The molecule has 3 aromatic rings. The monoisotopic (exact) mass is 352 g/mol. The van der Waals surface area contributed by atoms with Crippen molar-refractivity contribution in [2.75, 3.05) is 0 Å². The maximum atomic E-state index is 6.00. The summed E-state index contributed by atoms with van der Waals surface area (Å²) in [4.78, 5) is 1.28. The summed E-state index contributed by atoms with van der Waals surface area (Å²) in [5.74, 6) is 1.24. The fourth-order valence-electron chi connectivity index (χ4n) is 2.26. The van der Waals surface area contributed by atoms with Crippen LogP contribution >= 0.6 is 34.5 Å². The van der Waals surface area contributed by atoms with Crippen LogP contribution in [-0.4, -0.2) is 10.2 Å². The number of thiophene rings is 1. The van der Waals surface area contributed by atoms with E-state index in [2.05, 4.69) is 28.6 Å². The summed E-state index contributed by atoms with van der Waals surface area (Å²) in [6, 6.07) is 9.28. The number of hydrogen-bond acceptors (Lipinski definition) is 3. The van der Waals surface area contributed by atoms with Crippen LogP contribution in [0, 0.1) is 0 Å². The molecule has 0 aliphatic carbocycles. The van der Waals surface area contributed by atoms with Gasteiger partial charge in [-0.2, -0.15) is 5.10 Å². The normalized spacial score (nSPS) is 10.9. The molecule has 0 saturated heterocycles. The van der Waals surface area contributed by atoms with E-state index in [1.54, 1.807) is 29.5 Å². The molecule has 0 aliphatic heterocycles. The van der Waals surface area contributed by atoms with Gasteiger partial charge in [-0.05, 0) is 36.1 Å². The lowest BCUT2D eigenvalue weighted by molar-refractivity contribution is 0.456. The van der Waals surface area contributed by atoms with Gasteiger partial charge in [0.2, 0.25) is 5.88 Å². The van der Waals surface area contributed by atoms with Gasteiger partial charge in [-0.3, -0.25) is 0 Å². The Kier molecular flexibility index (Phi) is 4.71. The number of rotatable bonds is 5. The molecular formula is C16H14Cl2N2OS. The van der Waals surface area contributed by atoms with E-state index in [1.165, 1.54) is 4.88 Å². The number of benzene rings is 1. The number of nitrogens with one attached hydrogen (secondary N) is 1. The highest BCUT2D eigenvalue weighted by atomic mass is 35.5. The maximum absolute atomic E-state index is 6.00. The highest BCUT2D eigenvalue weighted by molar-refractivity contribution is 7.09. The van der Waals surface area contributed by atoms with E-state index >= 15 is 0 Å². The molecule has 0 aliphatic rings. The third-order valence-electron chi connectivity index (χ3n) is 3.25. The lowest BCUT2D eigenvalue weighted by Crippen LogP contribution is -1.93. The Bertz CT molecular complexity index is 748. The molecule has 0 saturated carbocycles. The smallest absolute Gasteiger partial charge is 0.218 e. The molecule has 2 heterocycles. The molecular weight excluding hydrogens is 339 g/mol. The molecule has 0 spiro atoms. The first-order valence-corrected chi connectivity index (χ1v) is 8.51. The van der Waals surface area contributed by atoms with Gasteiger partial charge in [0.25, 0.3) is 0 Å². The van der Waals surface area contributed by atoms with Crippen molar-refractivity contribution < 1.29 is 4.74 Å². The highest BCUT2D eigenvalue weighted by Crippen LogP contribution is 2.31. The van der Waals surface area contributed by atoms with Crippen molar-refractivity contribution in [3.05, 3.63) is 61.9 Å². The van der Waals surface area contributed by atoms with Crippen molar-refractivity contribution in [1.29, 1.82) is 0 Å². The van der Waals surface area contributed by atoms with Crippen molar-refractivity contribution in [2.45, 2.75) is 19.8 Å².